The monoisotopic (exact) mass is 403 g/mol. The van der Waals surface area contributed by atoms with Gasteiger partial charge >= 0.3 is 0 Å². The molecule has 3 unspecified atom stereocenters. The molecule has 1 aliphatic rings. The zero-order chi connectivity index (χ0) is 20.2. The van der Waals surface area contributed by atoms with E-state index in [0.29, 0.717) is 23.4 Å². The van der Waals surface area contributed by atoms with Crippen molar-refractivity contribution in [3.8, 4) is 5.75 Å². The van der Waals surface area contributed by atoms with Crippen LogP contribution in [-0.2, 0) is 21.1 Å². The van der Waals surface area contributed by atoms with Crippen molar-refractivity contribution in [3.63, 3.8) is 0 Å². The number of hydrogen-bond donors (Lipinski definition) is 4. The molecule has 2 aromatic heterocycles. The molecule has 11 nitrogen and oxygen atoms in total. The van der Waals surface area contributed by atoms with Crippen molar-refractivity contribution in [3.05, 3.63) is 42.5 Å². The van der Waals surface area contributed by atoms with Gasteiger partial charge in [-0.05, 0) is 30.5 Å². The number of fused-ring (bicyclic) bond motifs is 1. The summed E-state index contributed by atoms with van der Waals surface area (Å²) >= 11 is 0. The number of imidazole rings is 1. The first kappa shape index (κ1) is 19.5. The molecule has 0 amide bonds. The van der Waals surface area contributed by atoms with E-state index in [0.717, 1.165) is 18.4 Å². The zero-order valence-electron chi connectivity index (χ0n) is 15.4. The molecule has 3 heterocycles. The molecule has 3 aromatic rings. The Kier molecular flexibility index (Phi) is 5.83. The Bertz CT molecular complexity index is 950. The lowest BCUT2D eigenvalue weighted by Gasteiger charge is -2.17. The van der Waals surface area contributed by atoms with E-state index < -0.39 is 6.23 Å². The molecule has 11 heteroatoms. The molecule has 0 radical (unpaired) electrons. The van der Waals surface area contributed by atoms with Gasteiger partial charge in [-0.1, -0.05) is 17.2 Å². The molecule has 0 saturated carbocycles. The highest BCUT2D eigenvalue weighted by atomic mass is 17.5. The molecule has 1 aliphatic heterocycles. The largest absolute Gasteiger partial charge is 0.508 e. The fraction of sp³-hybridized carbons (Fsp3) is 0.389. The van der Waals surface area contributed by atoms with Crippen LogP contribution in [0.5, 0.6) is 5.75 Å². The van der Waals surface area contributed by atoms with Gasteiger partial charge in [-0.25, -0.2) is 20.2 Å². The summed E-state index contributed by atoms with van der Waals surface area (Å²) in [5.41, 5.74) is 1.91. The normalized spacial score (nSPS) is 20.2. The third kappa shape index (κ3) is 4.28. The summed E-state index contributed by atoms with van der Waals surface area (Å²) < 4.78 is 7.61. The Hall–Kier alpha value is -2.83. The van der Waals surface area contributed by atoms with Gasteiger partial charge in [0.2, 0.25) is 0 Å². The van der Waals surface area contributed by atoms with Gasteiger partial charge in [0.1, 0.15) is 18.3 Å². The van der Waals surface area contributed by atoms with Gasteiger partial charge in [-0.3, -0.25) is 4.57 Å². The zero-order valence-corrected chi connectivity index (χ0v) is 15.4. The fourth-order valence-electron chi connectivity index (χ4n) is 3.35. The Labute approximate surface area is 165 Å². The molecular weight excluding hydrogens is 382 g/mol. The Morgan fingerprint density at radius 3 is 2.76 bits per heavy atom. The topological polar surface area (TPSA) is 144 Å². The summed E-state index contributed by atoms with van der Waals surface area (Å²) in [6, 6.07) is 6.56. The third-order valence-corrected chi connectivity index (χ3v) is 4.77. The van der Waals surface area contributed by atoms with E-state index in [4.69, 9.17) is 14.9 Å². The van der Waals surface area contributed by atoms with E-state index in [1.807, 2.05) is 0 Å². The number of nitrogens with zero attached hydrogens (tertiary/aromatic N) is 4. The highest BCUT2D eigenvalue weighted by Gasteiger charge is 2.28. The Morgan fingerprint density at radius 2 is 2.03 bits per heavy atom. The SMILES string of the molecule is OCC1CCC(n2cnc3c(NC(Cc4ccc(O)cc4)OOO)ncnc32)O1. The molecule has 4 rings (SSSR count). The minimum absolute atomic E-state index is 0.0254. The summed E-state index contributed by atoms with van der Waals surface area (Å²) in [6.45, 7) is -0.0254. The molecule has 29 heavy (non-hydrogen) atoms. The lowest BCUT2D eigenvalue weighted by molar-refractivity contribution is -0.503. The number of anilines is 1. The third-order valence-electron chi connectivity index (χ3n) is 4.77. The number of aromatic hydroxyl groups is 1. The second-order valence-electron chi connectivity index (χ2n) is 6.69. The number of aromatic nitrogens is 4. The van der Waals surface area contributed by atoms with Crippen molar-refractivity contribution in [2.75, 3.05) is 11.9 Å². The standard InChI is InChI=1S/C18H21N5O6/c24-8-13-5-6-15(27-13)23-10-21-16-17(19-9-20-18(16)23)22-14(28-29-26)7-11-1-3-12(25)4-2-11/h1-4,9-10,13-15,24-26H,5-8H2,(H,19,20,22). The molecule has 4 N–H and O–H groups in total. The second-order valence-corrected chi connectivity index (χ2v) is 6.69. The van der Waals surface area contributed by atoms with Crippen LogP contribution in [0.3, 0.4) is 0 Å². The van der Waals surface area contributed by atoms with Gasteiger partial charge in [0.05, 0.1) is 19.0 Å². The number of ether oxygens (including phenoxy) is 1. The van der Waals surface area contributed by atoms with Crippen molar-refractivity contribution in [2.24, 2.45) is 0 Å². The van der Waals surface area contributed by atoms with Gasteiger partial charge in [0.25, 0.3) is 0 Å². The van der Waals surface area contributed by atoms with E-state index in [9.17, 15) is 10.2 Å². The smallest absolute Gasteiger partial charge is 0.170 e. The van der Waals surface area contributed by atoms with Crippen LogP contribution in [0.4, 0.5) is 5.82 Å². The van der Waals surface area contributed by atoms with Crippen LogP contribution in [0.2, 0.25) is 0 Å². The van der Waals surface area contributed by atoms with Crippen LogP contribution in [0.15, 0.2) is 36.9 Å². The van der Waals surface area contributed by atoms with Crippen LogP contribution in [0.1, 0.15) is 24.6 Å². The number of phenolic OH excluding ortho intramolecular Hbond substituents is 1. The first-order valence-electron chi connectivity index (χ1n) is 9.13. The van der Waals surface area contributed by atoms with Crippen LogP contribution in [0, 0.1) is 0 Å². The molecule has 1 aromatic carbocycles. The maximum absolute atomic E-state index is 9.41. The van der Waals surface area contributed by atoms with Crippen molar-refractivity contribution < 1.29 is 30.1 Å². The van der Waals surface area contributed by atoms with E-state index >= 15 is 0 Å². The fourth-order valence-corrected chi connectivity index (χ4v) is 3.35. The molecule has 0 aliphatic carbocycles. The highest BCUT2D eigenvalue weighted by Crippen LogP contribution is 2.31. The van der Waals surface area contributed by atoms with Gasteiger partial charge in [-0.2, -0.15) is 4.89 Å². The molecular formula is C18H21N5O6. The highest BCUT2D eigenvalue weighted by molar-refractivity contribution is 5.82. The van der Waals surface area contributed by atoms with Crippen molar-refractivity contribution in [2.45, 2.75) is 37.8 Å². The Balaban J connectivity index is 1.55. The number of phenols is 1. The van der Waals surface area contributed by atoms with Gasteiger partial charge in [0, 0.05) is 6.42 Å². The molecule has 1 fully saturated rings. The molecule has 154 valence electrons. The van der Waals surface area contributed by atoms with E-state index in [1.54, 1.807) is 35.2 Å². The number of nitrogens with one attached hydrogen (secondary N) is 1. The summed E-state index contributed by atoms with van der Waals surface area (Å²) in [5, 5.41) is 34.3. The lowest BCUT2D eigenvalue weighted by Crippen LogP contribution is -2.26. The van der Waals surface area contributed by atoms with Gasteiger partial charge in [0.15, 0.2) is 23.2 Å². The second kappa shape index (κ2) is 8.68. The van der Waals surface area contributed by atoms with Gasteiger partial charge in [-0.15, -0.1) is 0 Å². The minimum atomic E-state index is -0.783. The lowest BCUT2D eigenvalue weighted by atomic mass is 10.1. The average Bonchev–Trinajstić information content (AvgIpc) is 3.37. The maximum Gasteiger partial charge on any atom is 0.170 e. The van der Waals surface area contributed by atoms with Crippen LogP contribution >= 0.6 is 0 Å². The molecule has 1 saturated heterocycles. The Morgan fingerprint density at radius 1 is 1.21 bits per heavy atom. The quantitative estimate of drug-likeness (QED) is 0.249. The van der Waals surface area contributed by atoms with Crippen LogP contribution in [-0.4, -0.2) is 53.9 Å². The van der Waals surface area contributed by atoms with Crippen LogP contribution < -0.4 is 5.32 Å². The summed E-state index contributed by atoms with van der Waals surface area (Å²) in [6.07, 6.45) is 3.59. The maximum atomic E-state index is 9.41. The summed E-state index contributed by atoms with van der Waals surface area (Å²) in [7, 11) is 0. The molecule has 0 bridgehead atoms. The van der Waals surface area contributed by atoms with Gasteiger partial charge < -0.3 is 20.3 Å². The van der Waals surface area contributed by atoms with E-state index in [1.165, 1.54) is 6.33 Å². The van der Waals surface area contributed by atoms with Crippen LogP contribution in [0.25, 0.3) is 11.2 Å². The van der Waals surface area contributed by atoms with Crippen molar-refractivity contribution in [1.82, 2.24) is 19.5 Å². The first-order chi connectivity index (χ1) is 14.2. The molecule has 3 atom stereocenters. The van der Waals surface area contributed by atoms with Crippen molar-refractivity contribution in [1.29, 1.82) is 0 Å². The average molecular weight is 403 g/mol. The summed E-state index contributed by atoms with van der Waals surface area (Å²) in [4.78, 5) is 17.8. The number of aliphatic hydroxyl groups is 1. The number of benzene rings is 1. The van der Waals surface area contributed by atoms with Crippen molar-refractivity contribution >= 4 is 17.0 Å². The predicted molar refractivity (Wildman–Crippen MR) is 99.6 cm³/mol. The molecule has 0 spiro atoms. The summed E-state index contributed by atoms with van der Waals surface area (Å²) in [5.74, 6) is 0.546. The number of rotatable bonds is 8. The van der Waals surface area contributed by atoms with E-state index in [-0.39, 0.29) is 24.7 Å². The first-order valence-corrected chi connectivity index (χ1v) is 9.13. The number of aliphatic hydroxyl groups excluding tert-OH is 1. The van der Waals surface area contributed by atoms with E-state index in [2.05, 4.69) is 25.3 Å². The number of hydrogen-bond acceptors (Lipinski definition) is 10. The predicted octanol–water partition coefficient (Wildman–Crippen LogP) is 1.60. The minimum Gasteiger partial charge on any atom is -0.508 e.